The van der Waals surface area contributed by atoms with E-state index in [1.54, 1.807) is 25.1 Å². The topological polar surface area (TPSA) is 72.1 Å². The first-order valence-corrected chi connectivity index (χ1v) is 8.55. The van der Waals surface area contributed by atoms with E-state index in [2.05, 4.69) is 4.98 Å². The lowest BCUT2D eigenvalue weighted by atomic mass is 9.96. The van der Waals surface area contributed by atoms with Gasteiger partial charge in [-0.1, -0.05) is 50.2 Å². The van der Waals surface area contributed by atoms with Crippen LogP contribution in [0.4, 0.5) is 0 Å². The molecule has 1 aromatic heterocycles. The molecule has 5 nitrogen and oxygen atoms in total. The molecular weight excluding hydrogens is 328 g/mol. The molecule has 0 saturated heterocycles. The zero-order valence-electron chi connectivity index (χ0n) is 16.1. The Kier molecular flexibility index (Phi) is 6.31. The van der Waals surface area contributed by atoms with Crippen LogP contribution in [0.1, 0.15) is 31.9 Å². The van der Waals surface area contributed by atoms with Crippen LogP contribution >= 0.6 is 0 Å². The van der Waals surface area contributed by atoms with Crippen LogP contribution in [0.3, 0.4) is 0 Å². The fourth-order valence-electron chi connectivity index (χ4n) is 2.45. The van der Waals surface area contributed by atoms with Crippen molar-refractivity contribution in [2.24, 2.45) is 0 Å². The van der Waals surface area contributed by atoms with E-state index < -0.39 is 11.5 Å². The van der Waals surface area contributed by atoms with Crippen molar-refractivity contribution in [1.29, 1.82) is 0 Å². The van der Waals surface area contributed by atoms with Gasteiger partial charge in [0.25, 0.3) is 5.56 Å². The minimum Gasteiger partial charge on any atom is -0.463 e. The van der Waals surface area contributed by atoms with Crippen LogP contribution in [0.15, 0.2) is 65.7 Å². The third kappa shape index (κ3) is 4.45. The van der Waals surface area contributed by atoms with Crippen molar-refractivity contribution in [2.75, 3.05) is 6.61 Å². The highest BCUT2D eigenvalue weighted by molar-refractivity contribution is 5.97. The number of aromatic nitrogens is 2. The normalized spacial score (nSPS) is 11.3. The molecule has 0 amide bonds. The van der Waals surface area contributed by atoms with Crippen LogP contribution in [0, 0.1) is 0 Å². The Bertz CT molecular complexity index is 1010. The number of carbonyl (C=O) groups is 1. The summed E-state index contributed by atoms with van der Waals surface area (Å²) in [7, 11) is 0. The molecule has 0 bridgehead atoms. The van der Waals surface area contributed by atoms with E-state index in [1.807, 2.05) is 44.2 Å². The SMILES string of the molecule is CC.[2H]n1cnc2ccc(C(=CC(=O)OCC)c3ccccc3)cc2c1=O. The number of aromatic amines is 1. The van der Waals surface area contributed by atoms with Gasteiger partial charge in [0.2, 0.25) is 0 Å². The Morgan fingerprint density at radius 2 is 1.92 bits per heavy atom. The van der Waals surface area contributed by atoms with Crippen molar-refractivity contribution in [3.63, 3.8) is 0 Å². The van der Waals surface area contributed by atoms with Gasteiger partial charge in [0, 0.05) is 6.08 Å². The number of fused-ring (bicyclic) bond motifs is 1. The molecule has 0 aliphatic carbocycles. The smallest absolute Gasteiger partial charge is 0.331 e. The van der Waals surface area contributed by atoms with E-state index in [1.165, 1.54) is 6.08 Å². The van der Waals surface area contributed by atoms with Crippen molar-refractivity contribution in [3.05, 3.63) is 82.4 Å². The number of benzene rings is 2. The molecule has 0 spiro atoms. The summed E-state index contributed by atoms with van der Waals surface area (Å²) in [4.78, 5) is 28.9. The molecule has 0 atom stereocenters. The van der Waals surface area contributed by atoms with Crippen LogP contribution in [-0.4, -0.2) is 22.5 Å². The molecule has 0 aliphatic heterocycles. The van der Waals surface area contributed by atoms with E-state index in [0.29, 0.717) is 27.0 Å². The zero-order valence-corrected chi connectivity index (χ0v) is 15.1. The molecule has 134 valence electrons. The first-order valence-electron chi connectivity index (χ1n) is 9.00. The highest BCUT2D eigenvalue weighted by atomic mass is 16.5. The summed E-state index contributed by atoms with van der Waals surface area (Å²) in [5, 5.41) is 0.320. The second-order valence-corrected chi connectivity index (χ2v) is 5.09. The Balaban J connectivity index is 0.00000126. The predicted octanol–water partition coefficient (Wildman–Crippen LogP) is 3.94. The fourth-order valence-corrected chi connectivity index (χ4v) is 2.45. The Morgan fingerprint density at radius 3 is 2.62 bits per heavy atom. The van der Waals surface area contributed by atoms with Crippen molar-refractivity contribution in [2.45, 2.75) is 20.8 Å². The molecule has 0 fully saturated rings. The first kappa shape index (κ1) is 17.6. The second kappa shape index (κ2) is 9.32. The molecule has 5 heteroatoms. The lowest BCUT2D eigenvalue weighted by molar-refractivity contribution is -0.137. The number of hydrogen-bond donors (Lipinski definition) is 1. The van der Waals surface area contributed by atoms with Gasteiger partial charge in [-0.3, -0.25) is 4.79 Å². The molecule has 2 aromatic carbocycles. The van der Waals surface area contributed by atoms with Gasteiger partial charge in [-0.15, -0.1) is 0 Å². The second-order valence-electron chi connectivity index (χ2n) is 5.09. The van der Waals surface area contributed by atoms with E-state index in [-0.39, 0.29) is 6.61 Å². The van der Waals surface area contributed by atoms with Gasteiger partial charge in [-0.25, -0.2) is 9.78 Å². The average Bonchev–Trinajstić information content (AvgIpc) is 2.71. The average molecular weight is 351 g/mol. The third-order valence-corrected chi connectivity index (χ3v) is 3.54. The van der Waals surface area contributed by atoms with Gasteiger partial charge in [0.05, 0.1) is 23.8 Å². The number of ether oxygens (including phenoxy) is 1. The molecule has 0 unspecified atom stereocenters. The number of rotatable bonds is 4. The molecular formula is C21H22N2O3. The summed E-state index contributed by atoms with van der Waals surface area (Å²) in [5.41, 5.74) is 2.18. The lowest BCUT2D eigenvalue weighted by Gasteiger charge is -2.09. The maximum absolute atomic E-state index is 12.2. The molecule has 3 rings (SSSR count). The summed E-state index contributed by atoms with van der Waals surface area (Å²) in [6.07, 6.45) is 2.58. The molecule has 0 radical (unpaired) electrons. The van der Waals surface area contributed by atoms with Gasteiger partial charge >= 0.3 is 5.97 Å². The van der Waals surface area contributed by atoms with Crippen LogP contribution in [-0.2, 0) is 9.53 Å². The Hall–Kier alpha value is -3.21. The summed E-state index contributed by atoms with van der Waals surface area (Å²) < 4.78 is 12.6. The number of nitrogens with zero attached hydrogens (tertiary/aromatic N) is 1. The summed E-state index contributed by atoms with van der Waals surface area (Å²) in [6, 6.07) is 14.5. The minimum atomic E-state index is -0.463. The maximum atomic E-state index is 12.2. The standard InChI is InChI=1S/C19H16N2O3.C2H6/c1-2-24-18(22)11-15(13-6-4-3-5-7-13)14-8-9-17-16(10-14)19(23)21-12-20-17;1-2/h3-12H,2H2,1H3,(H,20,21,23);1-2H3/i/hD. The third-order valence-electron chi connectivity index (χ3n) is 3.54. The Labute approximate surface area is 153 Å². The highest BCUT2D eigenvalue weighted by Crippen LogP contribution is 2.25. The van der Waals surface area contributed by atoms with Crippen LogP contribution in [0.5, 0.6) is 0 Å². The first-order chi connectivity index (χ1) is 13.1. The molecule has 0 aliphatic rings. The zero-order chi connectivity index (χ0) is 19.8. The van der Waals surface area contributed by atoms with Gasteiger partial charge < -0.3 is 9.71 Å². The van der Waals surface area contributed by atoms with E-state index in [0.717, 1.165) is 11.9 Å². The van der Waals surface area contributed by atoms with Gasteiger partial charge in [-0.2, -0.15) is 0 Å². The molecule has 26 heavy (non-hydrogen) atoms. The lowest BCUT2D eigenvalue weighted by Crippen LogP contribution is -2.07. The monoisotopic (exact) mass is 351 g/mol. The van der Waals surface area contributed by atoms with Gasteiger partial charge in [-0.05, 0) is 35.8 Å². The van der Waals surface area contributed by atoms with Crippen molar-refractivity contribution < 1.29 is 10.9 Å². The van der Waals surface area contributed by atoms with Crippen molar-refractivity contribution >= 4 is 22.4 Å². The van der Waals surface area contributed by atoms with Crippen molar-refractivity contribution in [3.8, 4) is 0 Å². The van der Waals surface area contributed by atoms with E-state index in [4.69, 9.17) is 6.15 Å². The van der Waals surface area contributed by atoms with E-state index in [9.17, 15) is 9.59 Å². The Morgan fingerprint density at radius 1 is 1.19 bits per heavy atom. The fraction of sp³-hybridized carbons (Fsp3) is 0.190. The molecule has 3 aromatic rings. The molecule has 1 N–H and O–H groups in total. The van der Waals surface area contributed by atoms with Gasteiger partial charge in [0.1, 0.15) is 0 Å². The predicted molar refractivity (Wildman–Crippen MR) is 104 cm³/mol. The van der Waals surface area contributed by atoms with E-state index >= 15 is 0 Å². The molecule has 1 heterocycles. The largest absolute Gasteiger partial charge is 0.463 e. The number of nitrogens with one attached hydrogen (secondary N) is 1. The maximum Gasteiger partial charge on any atom is 0.331 e. The summed E-state index contributed by atoms with van der Waals surface area (Å²) in [5.74, 6) is -0.453. The van der Waals surface area contributed by atoms with Crippen LogP contribution < -0.4 is 5.56 Å². The van der Waals surface area contributed by atoms with Gasteiger partial charge in [0.15, 0.2) is 1.41 Å². The molecule has 0 saturated carbocycles. The van der Waals surface area contributed by atoms with Crippen LogP contribution in [0.25, 0.3) is 16.5 Å². The summed E-state index contributed by atoms with van der Waals surface area (Å²) in [6.45, 7) is 6.02. The quantitative estimate of drug-likeness (QED) is 0.571. The number of H-pyrrole nitrogens is 1. The minimum absolute atomic E-state index is 0.280. The highest BCUT2D eigenvalue weighted by Gasteiger charge is 2.10. The summed E-state index contributed by atoms with van der Waals surface area (Å²) >= 11 is 0. The number of carbonyl (C=O) groups excluding carboxylic acids is 1. The van der Waals surface area contributed by atoms with Crippen LogP contribution in [0.2, 0.25) is 1.41 Å². The number of esters is 1. The number of hydrogen-bond acceptors (Lipinski definition) is 4. The van der Waals surface area contributed by atoms with Crippen molar-refractivity contribution in [1.82, 2.24) is 9.96 Å².